The van der Waals surface area contributed by atoms with Gasteiger partial charge in [-0.25, -0.2) is 4.79 Å². The molecule has 4 rings (SSSR count). The number of anilines is 1. The van der Waals surface area contributed by atoms with Crippen molar-refractivity contribution in [3.05, 3.63) is 76.2 Å². The number of thiophene rings is 1. The smallest absolute Gasteiger partial charge is 0.337 e. The molecule has 184 valence electrons. The molecule has 0 bridgehead atoms. The van der Waals surface area contributed by atoms with Gasteiger partial charge in [-0.3, -0.25) is 14.5 Å². The van der Waals surface area contributed by atoms with Crippen molar-refractivity contribution in [2.24, 2.45) is 7.05 Å². The van der Waals surface area contributed by atoms with Crippen molar-refractivity contribution in [3.63, 3.8) is 0 Å². The summed E-state index contributed by atoms with van der Waals surface area (Å²) in [4.78, 5) is 42.4. The van der Waals surface area contributed by atoms with E-state index in [1.807, 2.05) is 47.5 Å². The van der Waals surface area contributed by atoms with E-state index in [4.69, 9.17) is 4.74 Å². The van der Waals surface area contributed by atoms with E-state index in [9.17, 15) is 14.4 Å². The number of methoxy groups -OCH3 is 1. The van der Waals surface area contributed by atoms with Gasteiger partial charge in [0.25, 0.3) is 0 Å². The SMILES string of the molecule is COC(=O)c1cccc(N(C(=O)Cc2cccs2)[C@H](C(=O)NC2CCCCC2)c2cccn2C)c1. The maximum atomic E-state index is 13.9. The first kappa shape index (κ1) is 24.7. The number of ether oxygens (including phenoxy) is 1. The van der Waals surface area contributed by atoms with Crippen LogP contribution in [-0.4, -0.2) is 35.5 Å². The quantitative estimate of drug-likeness (QED) is 0.464. The number of carbonyl (C=O) groups is 3. The Morgan fingerprint density at radius 3 is 2.57 bits per heavy atom. The standard InChI is InChI=1S/C27H31N3O4S/c1-29-15-7-14-23(29)25(26(32)28-20-10-4-3-5-11-20)30(24(31)18-22-13-8-16-35-22)21-12-6-9-19(17-21)27(33)34-2/h6-9,12-17,20,25H,3-5,10-11,18H2,1-2H3,(H,28,32)/t25-/m0/s1. The number of aromatic nitrogens is 1. The van der Waals surface area contributed by atoms with Gasteiger partial charge in [-0.15, -0.1) is 11.3 Å². The lowest BCUT2D eigenvalue weighted by Gasteiger charge is -2.33. The summed E-state index contributed by atoms with van der Waals surface area (Å²) in [5, 5.41) is 5.14. The molecule has 0 radical (unpaired) electrons. The minimum atomic E-state index is -0.891. The summed E-state index contributed by atoms with van der Waals surface area (Å²) >= 11 is 1.50. The summed E-state index contributed by atoms with van der Waals surface area (Å²) in [5.74, 6) is -0.944. The van der Waals surface area contributed by atoms with E-state index in [1.165, 1.54) is 29.8 Å². The maximum Gasteiger partial charge on any atom is 0.337 e. The second-order valence-corrected chi connectivity index (χ2v) is 9.88. The van der Waals surface area contributed by atoms with Gasteiger partial charge in [0.05, 0.1) is 24.8 Å². The molecule has 3 aromatic rings. The zero-order chi connectivity index (χ0) is 24.8. The normalized spacial score (nSPS) is 14.8. The summed E-state index contributed by atoms with van der Waals surface area (Å²) in [6, 6.07) is 13.4. The van der Waals surface area contributed by atoms with E-state index in [0.717, 1.165) is 30.6 Å². The molecule has 1 atom stereocenters. The summed E-state index contributed by atoms with van der Waals surface area (Å²) < 4.78 is 6.75. The second-order valence-electron chi connectivity index (χ2n) is 8.85. The van der Waals surface area contributed by atoms with E-state index in [0.29, 0.717) is 16.9 Å². The van der Waals surface area contributed by atoms with E-state index in [2.05, 4.69) is 5.32 Å². The summed E-state index contributed by atoms with van der Waals surface area (Å²) in [5.41, 5.74) is 1.48. The third-order valence-corrected chi connectivity index (χ3v) is 7.32. The van der Waals surface area contributed by atoms with Crippen LogP contribution in [0.2, 0.25) is 0 Å². The van der Waals surface area contributed by atoms with Crippen LogP contribution in [0.4, 0.5) is 5.69 Å². The first-order valence-electron chi connectivity index (χ1n) is 11.9. The highest BCUT2D eigenvalue weighted by Crippen LogP contribution is 2.31. The first-order chi connectivity index (χ1) is 17.0. The Morgan fingerprint density at radius 2 is 1.91 bits per heavy atom. The van der Waals surface area contributed by atoms with Crippen LogP contribution in [0.1, 0.15) is 59.1 Å². The van der Waals surface area contributed by atoms with Crippen LogP contribution in [-0.2, 0) is 27.8 Å². The van der Waals surface area contributed by atoms with Gasteiger partial charge in [0, 0.05) is 29.9 Å². The number of aryl methyl sites for hydroxylation is 1. The highest BCUT2D eigenvalue weighted by Gasteiger charge is 2.35. The van der Waals surface area contributed by atoms with Gasteiger partial charge >= 0.3 is 5.97 Å². The van der Waals surface area contributed by atoms with Crippen molar-refractivity contribution in [2.75, 3.05) is 12.0 Å². The fourth-order valence-electron chi connectivity index (χ4n) is 4.65. The molecule has 1 aromatic carbocycles. The fourth-order valence-corrected chi connectivity index (χ4v) is 5.35. The van der Waals surface area contributed by atoms with Gasteiger partial charge in [-0.1, -0.05) is 31.4 Å². The lowest BCUT2D eigenvalue weighted by molar-refractivity contribution is -0.127. The minimum absolute atomic E-state index is 0.0923. The van der Waals surface area contributed by atoms with Gasteiger partial charge < -0.3 is 14.6 Å². The molecule has 2 aromatic heterocycles. The number of nitrogens with one attached hydrogen (secondary N) is 1. The molecular weight excluding hydrogens is 462 g/mol. The Bertz CT molecular complexity index is 1160. The number of hydrogen-bond donors (Lipinski definition) is 1. The Hall–Kier alpha value is -3.39. The predicted molar refractivity (Wildman–Crippen MR) is 136 cm³/mol. The van der Waals surface area contributed by atoms with Crippen LogP contribution < -0.4 is 10.2 Å². The van der Waals surface area contributed by atoms with Crippen molar-refractivity contribution in [3.8, 4) is 0 Å². The zero-order valence-electron chi connectivity index (χ0n) is 20.1. The Balaban J connectivity index is 1.77. The van der Waals surface area contributed by atoms with Crippen molar-refractivity contribution in [2.45, 2.75) is 50.6 Å². The highest BCUT2D eigenvalue weighted by atomic mass is 32.1. The van der Waals surface area contributed by atoms with Crippen LogP contribution in [0.15, 0.2) is 60.1 Å². The van der Waals surface area contributed by atoms with E-state index >= 15 is 0 Å². The van der Waals surface area contributed by atoms with Gasteiger partial charge in [0.1, 0.15) is 0 Å². The average Bonchev–Trinajstić information content (AvgIpc) is 3.54. The molecule has 0 spiro atoms. The van der Waals surface area contributed by atoms with E-state index < -0.39 is 12.0 Å². The Morgan fingerprint density at radius 1 is 1.11 bits per heavy atom. The summed E-state index contributed by atoms with van der Waals surface area (Å²) in [6.07, 6.45) is 7.24. The number of nitrogens with zero attached hydrogens (tertiary/aromatic N) is 2. The number of amides is 2. The van der Waals surface area contributed by atoms with E-state index in [1.54, 1.807) is 24.3 Å². The molecule has 1 N–H and O–H groups in total. The van der Waals surface area contributed by atoms with Crippen LogP contribution in [0.25, 0.3) is 0 Å². The molecule has 1 fully saturated rings. The zero-order valence-corrected chi connectivity index (χ0v) is 20.9. The van der Waals surface area contributed by atoms with Gasteiger partial charge in [0.15, 0.2) is 6.04 Å². The summed E-state index contributed by atoms with van der Waals surface area (Å²) in [6.45, 7) is 0. The number of carbonyl (C=O) groups excluding carboxylic acids is 3. The molecule has 2 heterocycles. The van der Waals surface area contributed by atoms with Crippen molar-refractivity contribution < 1.29 is 19.1 Å². The Kier molecular flexibility index (Phi) is 8.02. The molecular formula is C27H31N3O4S. The number of hydrogen-bond acceptors (Lipinski definition) is 5. The van der Waals surface area contributed by atoms with Crippen LogP contribution in [0.3, 0.4) is 0 Å². The molecule has 0 aliphatic heterocycles. The number of benzene rings is 1. The molecule has 0 saturated heterocycles. The van der Waals surface area contributed by atoms with Crippen molar-refractivity contribution in [1.29, 1.82) is 0 Å². The monoisotopic (exact) mass is 493 g/mol. The number of rotatable bonds is 8. The largest absolute Gasteiger partial charge is 0.465 e. The maximum absolute atomic E-state index is 13.9. The lowest BCUT2D eigenvalue weighted by Crippen LogP contribution is -2.48. The molecule has 1 aliphatic carbocycles. The molecule has 35 heavy (non-hydrogen) atoms. The van der Waals surface area contributed by atoms with Gasteiger partial charge in [-0.2, -0.15) is 0 Å². The first-order valence-corrected chi connectivity index (χ1v) is 12.8. The van der Waals surface area contributed by atoms with Gasteiger partial charge in [-0.05, 0) is 54.6 Å². The molecule has 1 aliphatic rings. The van der Waals surface area contributed by atoms with Crippen molar-refractivity contribution in [1.82, 2.24) is 9.88 Å². The van der Waals surface area contributed by atoms with Gasteiger partial charge in [0.2, 0.25) is 11.8 Å². The Labute approximate surface area is 209 Å². The van der Waals surface area contributed by atoms with E-state index in [-0.39, 0.29) is 24.3 Å². The summed E-state index contributed by atoms with van der Waals surface area (Å²) in [7, 11) is 3.18. The molecule has 0 unspecified atom stereocenters. The lowest BCUT2D eigenvalue weighted by atomic mass is 9.95. The molecule has 8 heteroatoms. The molecule has 2 amide bonds. The van der Waals surface area contributed by atoms with Crippen LogP contribution >= 0.6 is 11.3 Å². The predicted octanol–water partition coefficient (Wildman–Crippen LogP) is 4.64. The average molecular weight is 494 g/mol. The van der Waals surface area contributed by atoms with Crippen LogP contribution in [0.5, 0.6) is 0 Å². The number of esters is 1. The molecule has 7 nitrogen and oxygen atoms in total. The van der Waals surface area contributed by atoms with Crippen molar-refractivity contribution >= 4 is 34.8 Å². The highest BCUT2D eigenvalue weighted by molar-refractivity contribution is 7.10. The van der Waals surface area contributed by atoms with Crippen LogP contribution in [0, 0.1) is 0 Å². The molecule has 1 saturated carbocycles. The second kappa shape index (κ2) is 11.4. The topological polar surface area (TPSA) is 80.6 Å². The fraction of sp³-hybridized carbons (Fsp3) is 0.370. The third kappa shape index (κ3) is 5.82. The minimum Gasteiger partial charge on any atom is -0.465 e. The third-order valence-electron chi connectivity index (χ3n) is 6.44.